The Kier molecular flexibility index (Phi) is 22.3. The SMILES string of the molecule is O=C(NCCOCCOCCOCCOCCOCCOCCOCCOC(=O)c1ccccc1Nc1cccc(C(F)(F)F)c1)OCc1ccccc1. The maximum Gasteiger partial charge on any atom is 0.416 e. The number of alkyl halides is 3. The number of hydrogen-bond donors (Lipinski definition) is 2. The molecule has 1 amide bonds. The van der Waals surface area contributed by atoms with Gasteiger partial charge in [0.25, 0.3) is 0 Å². The van der Waals surface area contributed by atoms with E-state index < -0.39 is 23.8 Å². The van der Waals surface area contributed by atoms with Crippen LogP contribution in [0, 0.1) is 0 Å². The van der Waals surface area contributed by atoms with Gasteiger partial charge in [-0.15, -0.1) is 0 Å². The van der Waals surface area contributed by atoms with E-state index in [2.05, 4.69) is 10.6 Å². The van der Waals surface area contributed by atoms with Crippen molar-refractivity contribution in [2.75, 3.05) is 111 Å². The van der Waals surface area contributed by atoms with E-state index in [1.54, 1.807) is 18.2 Å². The lowest BCUT2D eigenvalue weighted by Crippen LogP contribution is -2.28. The van der Waals surface area contributed by atoms with Gasteiger partial charge in [0.15, 0.2) is 0 Å². The van der Waals surface area contributed by atoms with Crippen LogP contribution >= 0.6 is 0 Å². The maximum atomic E-state index is 13.0. The third-order valence-corrected chi connectivity index (χ3v) is 7.04. The first-order valence-electron chi connectivity index (χ1n) is 17.5. The number of carbonyl (C=O) groups is 2. The van der Waals surface area contributed by atoms with Gasteiger partial charge in [0.05, 0.1) is 109 Å². The second-order valence-electron chi connectivity index (χ2n) is 11.2. The molecule has 0 unspecified atom stereocenters. The first kappa shape index (κ1) is 44.1. The van der Waals surface area contributed by atoms with E-state index in [1.807, 2.05) is 30.3 Å². The first-order chi connectivity index (χ1) is 26.3. The van der Waals surface area contributed by atoms with Crippen molar-refractivity contribution in [2.45, 2.75) is 12.8 Å². The Balaban J connectivity index is 1.03. The summed E-state index contributed by atoms with van der Waals surface area (Å²) in [6.45, 7) is 5.83. The van der Waals surface area contributed by atoms with E-state index in [4.69, 9.17) is 42.6 Å². The fourth-order valence-corrected chi connectivity index (χ4v) is 4.39. The number of anilines is 2. The summed E-state index contributed by atoms with van der Waals surface area (Å²) >= 11 is 0. The van der Waals surface area contributed by atoms with E-state index in [-0.39, 0.29) is 31.1 Å². The van der Waals surface area contributed by atoms with E-state index in [1.165, 1.54) is 18.2 Å². The Morgan fingerprint density at radius 1 is 0.537 bits per heavy atom. The van der Waals surface area contributed by atoms with Crippen LogP contribution in [0.4, 0.5) is 29.3 Å². The Morgan fingerprint density at radius 2 is 1.04 bits per heavy atom. The lowest BCUT2D eigenvalue weighted by Gasteiger charge is -2.13. The molecule has 0 radical (unpaired) electrons. The Bertz CT molecular complexity index is 1450. The molecule has 0 saturated heterocycles. The van der Waals surface area contributed by atoms with Crippen LogP contribution in [0.1, 0.15) is 21.5 Å². The molecule has 298 valence electrons. The summed E-state index contributed by atoms with van der Waals surface area (Å²) in [5, 5.41) is 5.48. The molecule has 3 aromatic carbocycles. The molecule has 0 aliphatic carbocycles. The number of para-hydroxylation sites is 1. The molecule has 0 aliphatic rings. The van der Waals surface area contributed by atoms with Gasteiger partial charge >= 0.3 is 18.2 Å². The number of carbonyl (C=O) groups excluding carboxylic acids is 2. The summed E-state index contributed by atoms with van der Waals surface area (Å²) in [5.41, 5.74) is 0.813. The Labute approximate surface area is 313 Å². The van der Waals surface area contributed by atoms with Gasteiger partial charge < -0.3 is 53.3 Å². The standard InChI is InChI=1S/C38H49F3N2O11/c39-38(40,41)32-9-6-10-33(29-32)43-35-12-5-4-11-34(35)36(44)53-28-27-52-26-25-51-24-23-50-22-21-49-20-19-48-18-17-47-16-15-46-14-13-42-37(45)54-30-31-7-2-1-3-8-31/h1-12,29,43H,13-28,30H2,(H,42,45). The third-order valence-electron chi connectivity index (χ3n) is 7.04. The Hall–Kier alpha value is -4.29. The molecule has 0 heterocycles. The molecule has 0 aliphatic heterocycles. The van der Waals surface area contributed by atoms with E-state index in [0.717, 1.165) is 17.7 Å². The number of amides is 1. The minimum atomic E-state index is -4.48. The van der Waals surface area contributed by atoms with Crippen LogP contribution in [0.3, 0.4) is 0 Å². The molecular formula is C38H49F3N2O11. The molecule has 0 fully saturated rings. The van der Waals surface area contributed by atoms with Crippen LogP contribution in [0.5, 0.6) is 0 Å². The van der Waals surface area contributed by atoms with Gasteiger partial charge in [0.1, 0.15) is 13.2 Å². The molecule has 3 aromatic rings. The Morgan fingerprint density at radius 3 is 1.59 bits per heavy atom. The molecule has 0 saturated carbocycles. The van der Waals surface area contributed by atoms with Gasteiger partial charge in [-0.25, -0.2) is 9.59 Å². The number of esters is 1. The number of benzene rings is 3. The molecule has 2 N–H and O–H groups in total. The average Bonchev–Trinajstić information content (AvgIpc) is 3.17. The summed E-state index contributed by atoms with van der Waals surface area (Å²) < 4.78 is 87.6. The van der Waals surface area contributed by atoms with Crippen molar-refractivity contribution in [3.63, 3.8) is 0 Å². The van der Waals surface area contributed by atoms with Gasteiger partial charge in [0.2, 0.25) is 0 Å². The normalized spacial score (nSPS) is 11.3. The van der Waals surface area contributed by atoms with E-state index >= 15 is 0 Å². The molecule has 54 heavy (non-hydrogen) atoms. The van der Waals surface area contributed by atoms with Crippen molar-refractivity contribution < 1.29 is 65.4 Å². The van der Waals surface area contributed by atoms with Crippen LogP contribution in [0.15, 0.2) is 78.9 Å². The number of alkyl carbamates (subject to hydrolysis) is 1. The number of rotatable bonds is 29. The van der Waals surface area contributed by atoms with Crippen molar-refractivity contribution in [1.29, 1.82) is 0 Å². The van der Waals surface area contributed by atoms with Crippen molar-refractivity contribution in [3.8, 4) is 0 Å². The van der Waals surface area contributed by atoms with Crippen LogP contribution in [0.2, 0.25) is 0 Å². The molecule has 0 spiro atoms. The van der Waals surface area contributed by atoms with Crippen molar-refractivity contribution >= 4 is 23.4 Å². The van der Waals surface area contributed by atoms with Crippen molar-refractivity contribution in [2.24, 2.45) is 0 Å². The maximum absolute atomic E-state index is 13.0. The largest absolute Gasteiger partial charge is 0.460 e. The predicted octanol–water partition coefficient (Wildman–Crippen LogP) is 5.65. The number of nitrogens with one attached hydrogen (secondary N) is 2. The summed E-state index contributed by atoms with van der Waals surface area (Å²) in [6.07, 6.45) is -4.97. The molecular weight excluding hydrogens is 717 g/mol. The van der Waals surface area contributed by atoms with E-state index in [9.17, 15) is 22.8 Å². The van der Waals surface area contributed by atoms with Gasteiger partial charge in [-0.05, 0) is 35.9 Å². The topological polar surface area (TPSA) is 141 Å². The first-order valence-corrected chi connectivity index (χ1v) is 17.5. The van der Waals surface area contributed by atoms with Crippen LogP contribution < -0.4 is 10.6 Å². The molecule has 0 atom stereocenters. The lowest BCUT2D eigenvalue weighted by molar-refractivity contribution is -0.137. The zero-order valence-corrected chi connectivity index (χ0v) is 30.2. The minimum Gasteiger partial charge on any atom is -0.460 e. The molecule has 3 rings (SSSR count). The highest BCUT2D eigenvalue weighted by Crippen LogP contribution is 2.32. The minimum absolute atomic E-state index is 0.00811. The zero-order chi connectivity index (χ0) is 38.5. The second kappa shape index (κ2) is 27.3. The van der Waals surface area contributed by atoms with E-state index in [0.29, 0.717) is 98.1 Å². The average molecular weight is 767 g/mol. The van der Waals surface area contributed by atoms with Gasteiger partial charge in [-0.3, -0.25) is 0 Å². The van der Waals surface area contributed by atoms with Crippen molar-refractivity contribution in [1.82, 2.24) is 5.32 Å². The fraction of sp³-hybridized carbons (Fsp3) is 0.474. The molecule has 0 aromatic heterocycles. The third kappa shape index (κ3) is 20.2. The van der Waals surface area contributed by atoms with Gasteiger partial charge in [-0.2, -0.15) is 13.2 Å². The van der Waals surface area contributed by atoms with Gasteiger partial charge in [0, 0.05) is 12.2 Å². The summed E-state index contributed by atoms with van der Waals surface area (Å²) in [4.78, 5) is 24.2. The number of ether oxygens (including phenoxy) is 9. The molecule has 16 heteroatoms. The van der Waals surface area contributed by atoms with Crippen LogP contribution in [-0.2, 0) is 55.4 Å². The van der Waals surface area contributed by atoms with Crippen LogP contribution in [-0.4, -0.2) is 118 Å². The quantitative estimate of drug-likeness (QED) is 0.0667. The number of hydrogen-bond acceptors (Lipinski definition) is 12. The molecule has 0 bridgehead atoms. The monoisotopic (exact) mass is 766 g/mol. The highest BCUT2D eigenvalue weighted by Gasteiger charge is 2.30. The smallest absolute Gasteiger partial charge is 0.416 e. The van der Waals surface area contributed by atoms with Crippen molar-refractivity contribution in [3.05, 3.63) is 95.6 Å². The highest BCUT2D eigenvalue weighted by molar-refractivity contribution is 5.96. The predicted molar refractivity (Wildman–Crippen MR) is 192 cm³/mol. The van der Waals surface area contributed by atoms with Gasteiger partial charge in [-0.1, -0.05) is 48.5 Å². The summed E-state index contributed by atoms with van der Waals surface area (Å²) in [5.74, 6) is -0.634. The van der Waals surface area contributed by atoms with Crippen LogP contribution in [0.25, 0.3) is 0 Å². The summed E-state index contributed by atoms with van der Waals surface area (Å²) in [6, 6.07) is 20.5. The number of halogens is 3. The highest BCUT2D eigenvalue weighted by atomic mass is 19.4. The zero-order valence-electron chi connectivity index (χ0n) is 30.2. The lowest BCUT2D eigenvalue weighted by atomic mass is 10.1. The summed E-state index contributed by atoms with van der Waals surface area (Å²) in [7, 11) is 0. The molecule has 13 nitrogen and oxygen atoms in total. The second-order valence-corrected chi connectivity index (χ2v) is 11.2. The fourth-order valence-electron chi connectivity index (χ4n) is 4.39.